The lowest BCUT2D eigenvalue weighted by molar-refractivity contribution is -1.10. The molecule has 8 nitrogen and oxygen atoms in total. The molecule has 0 saturated carbocycles. The number of unbranched alkanes of at least 4 members (excludes halogenated alkanes) is 9. The van der Waals surface area contributed by atoms with Crippen LogP contribution >= 0.6 is 0 Å². The van der Waals surface area contributed by atoms with Crippen LogP contribution in [0, 0.1) is 0 Å². The lowest BCUT2D eigenvalue weighted by atomic mass is 10.1. The molecule has 0 fully saturated rings. The molecule has 176 valence electrons. The maximum atomic E-state index is 12.0. The molecule has 0 aromatic rings. The molecule has 0 atom stereocenters. The fraction of sp³-hybridized carbons (Fsp3) is 1.00. The molecular weight excluding hydrogens is 398 g/mol. The van der Waals surface area contributed by atoms with Crippen LogP contribution in [-0.4, -0.2) is 86.8 Å². The van der Waals surface area contributed by atoms with Gasteiger partial charge in [-0.2, -0.15) is 13.1 Å². The van der Waals surface area contributed by atoms with Gasteiger partial charge in [0.25, 0.3) is 10.1 Å². The van der Waals surface area contributed by atoms with Gasteiger partial charge in [-0.05, 0) is 6.42 Å². The molecule has 9 heteroatoms. The van der Waals surface area contributed by atoms with Crippen LogP contribution in [0.4, 0.5) is 0 Å². The number of aliphatic hydroxyl groups excluding tert-OH is 3. The molecule has 0 unspecified atom stereocenters. The molecule has 0 radical (unpaired) electrons. The summed E-state index contributed by atoms with van der Waals surface area (Å²) in [5.74, 6) is -0.299. The molecular formula is C20H44NO7S+. The lowest BCUT2D eigenvalue weighted by Crippen LogP contribution is -2.53. The molecule has 0 saturated heterocycles. The highest BCUT2D eigenvalue weighted by Gasteiger charge is 2.29. The third kappa shape index (κ3) is 16.1. The second kappa shape index (κ2) is 18.5. The van der Waals surface area contributed by atoms with E-state index in [1.807, 2.05) is 0 Å². The van der Waals surface area contributed by atoms with Gasteiger partial charge in [0.05, 0.1) is 26.4 Å². The van der Waals surface area contributed by atoms with Crippen LogP contribution in [0.25, 0.3) is 0 Å². The maximum absolute atomic E-state index is 12.0. The lowest BCUT2D eigenvalue weighted by Gasteiger charge is -2.33. The third-order valence-electron chi connectivity index (χ3n) is 4.98. The SMILES string of the molecule is CCCCCCCCCCCCOS(=O)(=O)CCO[N+](CCO)(CCO)CCO. The summed E-state index contributed by atoms with van der Waals surface area (Å²) in [5, 5.41) is 27.5. The summed E-state index contributed by atoms with van der Waals surface area (Å²) in [6.45, 7) is 2.20. The molecule has 0 aromatic heterocycles. The van der Waals surface area contributed by atoms with E-state index >= 15 is 0 Å². The predicted octanol–water partition coefficient (Wildman–Crippen LogP) is 1.98. The third-order valence-corrected chi connectivity index (χ3v) is 6.17. The van der Waals surface area contributed by atoms with Crippen LogP contribution in [0.2, 0.25) is 0 Å². The number of hydrogen-bond acceptors (Lipinski definition) is 7. The topological polar surface area (TPSA) is 113 Å². The standard InChI is InChI=1S/C20H44NO7S/c1-2-3-4-5-6-7-8-9-10-11-18-28-29(25,26)20-19-27-21(12-15-22,13-16-23)14-17-24/h22-24H,2-20H2,1H3/q+1. The molecule has 0 rings (SSSR count). The number of quaternary nitrogens is 1. The quantitative estimate of drug-likeness (QED) is 0.102. The first-order chi connectivity index (χ1) is 13.9. The molecule has 0 spiro atoms. The van der Waals surface area contributed by atoms with Gasteiger partial charge < -0.3 is 15.3 Å². The average Bonchev–Trinajstić information content (AvgIpc) is 2.66. The Labute approximate surface area is 177 Å². The minimum atomic E-state index is -3.68. The largest absolute Gasteiger partial charge is 0.390 e. The number of nitrogens with zero attached hydrogens (tertiary/aromatic N) is 1. The van der Waals surface area contributed by atoms with Crippen molar-refractivity contribution in [3.8, 4) is 0 Å². The zero-order valence-corrected chi connectivity index (χ0v) is 19.1. The second-order valence-corrected chi connectivity index (χ2v) is 9.26. The minimum absolute atomic E-state index is 0.125. The van der Waals surface area contributed by atoms with Crippen molar-refractivity contribution in [1.82, 2.24) is 0 Å². The number of rotatable bonds is 22. The van der Waals surface area contributed by atoms with Gasteiger partial charge in [-0.15, -0.1) is 0 Å². The monoisotopic (exact) mass is 442 g/mol. The van der Waals surface area contributed by atoms with Crippen molar-refractivity contribution >= 4 is 10.1 Å². The van der Waals surface area contributed by atoms with Crippen molar-refractivity contribution in [2.45, 2.75) is 71.1 Å². The molecule has 0 aliphatic heterocycles. The van der Waals surface area contributed by atoms with Gasteiger partial charge in [0.15, 0.2) is 0 Å². The number of aliphatic hydroxyl groups is 3. The second-order valence-electron chi connectivity index (χ2n) is 7.50. The first kappa shape index (κ1) is 28.7. The Kier molecular flexibility index (Phi) is 18.3. The Balaban J connectivity index is 3.92. The Morgan fingerprint density at radius 2 is 1.14 bits per heavy atom. The molecule has 0 aliphatic rings. The maximum Gasteiger partial charge on any atom is 0.269 e. The van der Waals surface area contributed by atoms with Gasteiger partial charge in [0, 0.05) is 0 Å². The molecule has 0 aliphatic carbocycles. The summed E-state index contributed by atoms with van der Waals surface area (Å²) in [6.07, 6.45) is 11.7. The highest BCUT2D eigenvalue weighted by Crippen LogP contribution is 2.11. The van der Waals surface area contributed by atoms with E-state index in [1.54, 1.807) is 0 Å². The smallest absolute Gasteiger partial charge is 0.269 e. The van der Waals surface area contributed by atoms with Crippen molar-refractivity contribution in [2.75, 3.05) is 58.4 Å². The van der Waals surface area contributed by atoms with Gasteiger partial charge in [-0.25, -0.2) is 4.84 Å². The summed E-state index contributed by atoms with van der Waals surface area (Å²) in [4.78, 5) is 5.59. The molecule has 29 heavy (non-hydrogen) atoms. The van der Waals surface area contributed by atoms with Crippen molar-refractivity contribution in [3.05, 3.63) is 0 Å². The Morgan fingerprint density at radius 1 is 0.690 bits per heavy atom. The van der Waals surface area contributed by atoms with E-state index in [4.69, 9.17) is 9.02 Å². The van der Waals surface area contributed by atoms with Gasteiger partial charge in [-0.1, -0.05) is 64.7 Å². The first-order valence-corrected chi connectivity index (χ1v) is 12.7. The summed E-state index contributed by atoms with van der Waals surface area (Å²) >= 11 is 0. The highest BCUT2D eigenvalue weighted by molar-refractivity contribution is 7.86. The Bertz CT molecular complexity index is 443. The van der Waals surface area contributed by atoms with E-state index in [0.29, 0.717) is 0 Å². The van der Waals surface area contributed by atoms with Crippen LogP contribution in [-0.2, 0) is 19.1 Å². The number of hydrogen-bond donors (Lipinski definition) is 3. The minimum Gasteiger partial charge on any atom is -0.390 e. The first-order valence-electron chi connectivity index (χ1n) is 11.2. The summed E-state index contributed by atoms with van der Waals surface area (Å²) in [6, 6.07) is 0. The highest BCUT2D eigenvalue weighted by atomic mass is 32.2. The summed E-state index contributed by atoms with van der Waals surface area (Å²) < 4.78 is 28.8. The zero-order chi connectivity index (χ0) is 21.8. The van der Waals surface area contributed by atoms with Crippen molar-refractivity contribution in [3.63, 3.8) is 0 Å². The van der Waals surface area contributed by atoms with E-state index < -0.39 is 10.1 Å². The van der Waals surface area contributed by atoms with Crippen LogP contribution in [0.15, 0.2) is 0 Å². The Morgan fingerprint density at radius 3 is 1.59 bits per heavy atom. The van der Waals surface area contributed by atoms with Crippen LogP contribution in [0.3, 0.4) is 0 Å². The average molecular weight is 443 g/mol. The molecule has 0 bridgehead atoms. The summed E-state index contributed by atoms with van der Waals surface area (Å²) in [5.41, 5.74) is 0. The normalized spacial score (nSPS) is 12.6. The van der Waals surface area contributed by atoms with Gasteiger partial charge in [-0.3, -0.25) is 4.18 Å². The summed E-state index contributed by atoms with van der Waals surface area (Å²) in [7, 11) is -3.68. The van der Waals surface area contributed by atoms with Crippen LogP contribution in [0.1, 0.15) is 71.1 Å². The van der Waals surface area contributed by atoms with Crippen molar-refractivity contribution in [1.29, 1.82) is 0 Å². The molecule has 3 N–H and O–H groups in total. The Hall–Kier alpha value is -0.290. The van der Waals surface area contributed by atoms with E-state index in [1.165, 1.54) is 44.9 Å². The van der Waals surface area contributed by atoms with E-state index in [0.717, 1.165) is 19.3 Å². The molecule has 0 aromatic carbocycles. The van der Waals surface area contributed by atoms with E-state index in [2.05, 4.69) is 6.92 Å². The fourth-order valence-electron chi connectivity index (χ4n) is 3.24. The van der Waals surface area contributed by atoms with Gasteiger partial charge in [0.2, 0.25) is 0 Å². The van der Waals surface area contributed by atoms with Crippen LogP contribution in [0.5, 0.6) is 0 Å². The van der Waals surface area contributed by atoms with Crippen LogP contribution < -0.4 is 0 Å². The molecule has 0 amide bonds. The zero-order valence-electron chi connectivity index (χ0n) is 18.3. The number of hydroxylamine groups is 3. The molecule has 0 heterocycles. The van der Waals surface area contributed by atoms with Gasteiger partial charge >= 0.3 is 0 Å². The van der Waals surface area contributed by atoms with E-state index in [-0.39, 0.29) is 63.1 Å². The van der Waals surface area contributed by atoms with Gasteiger partial charge in [0.1, 0.15) is 32.0 Å². The van der Waals surface area contributed by atoms with E-state index in [9.17, 15) is 23.7 Å². The fourth-order valence-corrected chi connectivity index (χ4v) is 4.01. The predicted molar refractivity (Wildman–Crippen MR) is 114 cm³/mol. The van der Waals surface area contributed by atoms with Crippen molar-refractivity contribution in [2.24, 2.45) is 0 Å². The van der Waals surface area contributed by atoms with Crippen molar-refractivity contribution < 1.29 is 37.4 Å².